The molecule has 0 aliphatic rings. The van der Waals surface area contributed by atoms with E-state index in [0.717, 1.165) is 12.1 Å². The van der Waals surface area contributed by atoms with Gasteiger partial charge in [-0.1, -0.05) is 24.8 Å². The first-order valence-electron chi connectivity index (χ1n) is 9.29. The maximum absolute atomic E-state index is 12.6. The standard InChI is InChI=1S/C23H17F3N2O4/c1-15(20(13-29)17-3-2-10-27-11-17)22(30)31-14-16-4-7-19(8-5-16)32-21-9-6-18(12-28-21)23(24,25)26/h2-13,20H,1,14H2. The molecule has 1 unspecified atom stereocenters. The van der Waals surface area contributed by atoms with Crippen LogP contribution in [0.1, 0.15) is 22.6 Å². The van der Waals surface area contributed by atoms with Crippen LogP contribution < -0.4 is 4.74 Å². The third-order valence-electron chi connectivity index (χ3n) is 4.40. The number of hydrogen-bond acceptors (Lipinski definition) is 6. The van der Waals surface area contributed by atoms with Crippen LogP contribution in [0.2, 0.25) is 0 Å². The molecule has 0 bridgehead atoms. The summed E-state index contributed by atoms with van der Waals surface area (Å²) in [5, 5.41) is 0. The molecule has 0 saturated carbocycles. The van der Waals surface area contributed by atoms with E-state index in [9.17, 15) is 22.8 Å². The van der Waals surface area contributed by atoms with Gasteiger partial charge >= 0.3 is 12.1 Å². The summed E-state index contributed by atoms with van der Waals surface area (Å²) in [5.41, 5.74) is 0.274. The van der Waals surface area contributed by atoms with Crippen molar-refractivity contribution in [1.82, 2.24) is 9.97 Å². The number of carbonyl (C=O) groups is 2. The number of aldehydes is 1. The first-order valence-corrected chi connectivity index (χ1v) is 9.29. The SMILES string of the molecule is C=C(C(=O)OCc1ccc(Oc2ccc(C(F)(F)F)cn2)cc1)C(C=O)c1cccnc1. The highest BCUT2D eigenvalue weighted by Gasteiger charge is 2.30. The minimum atomic E-state index is -4.47. The van der Waals surface area contributed by atoms with Crippen molar-refractivity contribution >= 4 is 12.3 Å². The number of halogens is 3. The van der Waals surface area contributed by atoms with Gasteiger partial charge in [0.2, 0.25) is 5.88 Å². The van der Waals surface area contributed by atoms with Crippen LogP contribution in [0.3, 0.4) is 0 Å². The third kappa shape index (κ3) is 5.78. The Bertz CT molecular complexity index is 1080. The predicted octanol–water partition coefficient (Wildman–Crippen LogP) is 4.87. The van der Waals surface area contributed by atoms with Gasteiger partial charge in [0.15, 0.2) is 0 Å². The normalized spacial score (nSPS) is 12.0. The van der Waals surface area contributed by atoms with Gasteiger partial charge < -0.3 is 14.3 Å². The molecule has 3 rings (SSSR count). The lowest BCUT2D eigenvalue weighted by molar-refractivity contribution is -0.141. The third-order valence-corrected chi connectivity index (χ3v) is 4.40. The van der Waals surface area contributed by atoms with Crippen LogP contribution in [0.5, 0.6) is 11.6 Å². The Morgan fingerprint density at radius 2 is 1.84 bits per heavy atom. The number of ether oxygens (including phenoxy) is 2. The summed E-state index contributed by atoms with van der Waals surface area (Å²) in [6, 6.07) is 11.7. The lowest BCUT2D eigenvalue weighted by Gasteiger charge is -2.13. The minimum Gasteiger partial charge on any atom is -0.457 e. The van der Waals surface area contributed by atoms with Crippen LogP contribution in [0.15, 0.2) is 79.3 Å². The number of pyridine rings is 2. The number of hydrogen-bond donors (Lipinski definition) is 0. The molecule has 0 radical (unpaired) electrons. The van der Waals surface area contributed by atoms with E-state index in [1.807, 2.05) is 0 Å². The second-order valence-electron chi connectivity index (χ2n) is 6.63. The Kier molecular flexibility index (Phi) is 6.99. The second-order valence-corrected chi connectivity index (χ2v) is 6.63. The van der Waals surface area contributed by atoms with Gasteiger partial charge in [-0.2, -0.15) is 13.2 Å². The number of esters is 1. The molecule has 2 heterocycles. The predicted molar refractivity (Wildman–Crippen MR) is 108 cm³/mol. The summed E-state index contributed by atoms with van der Waals surface area (Å²) in [4.78, 5) is 31.3. The molecule has 3 aromatic rings. The van der Waals surface area contributed by atoms with Gasteiger partial charge in [-0.25, -0.2) is 9.78 Å². The van der Waals surface area contributed by atoms with Crippen molar-refractivity contribution < 1.29 is 32.2 Å². The lowest BCUT2D eigenvalue weighted by Crippen LogP contribution is -2.15. The fourth-order valence-corrected chi connectivity index (χ4v) is 2.67. The van der Waals surface area contributed by atoms with Gasteiger partial charge in [0.05, 0.1) is 11.5 Å². The molecule has 0 N–H and O–H groups in total. The van der Waals surface area contributed by atoms with Crippen molar-refractivity contribution in [2.75, 3.05) is 0 Å². The van der Waals surface area contributed by atoms with E-state index >= 15 is 0 Å². The number of aromatic nitrogens is 2. The zero-order chi connectivity index (χ0) is 23.1. The summed E-state index contributed by atoms with van der Waals surface area (Å²) in [6.45, 7) is 3.59. The van der Waals surface area contributed by atoms with Crippen LogP contribution in [0.4, 0.5) is 13.2 Å². The molecule has 2 aromatic heterocycles. The Balaban J connectivity index is 1.56. The average Bonchev–Trinajstić information content (AvgIpc) is 2.79. The van der Waals surface area contributed by atoms with Crippen molar-refractivity contribution in [3.05, 3.63) is 96.0 Å². The lowest BCUT2D eigenvalue weighted by atomic mass is 9.95. The van der Waals surface area contributed by atoms with Gasteiger partial charge in [0.1, 0.15) is 18.6 Å². The average molecular weight is 442 g/mol. The van der Waals surface area contributed by atoms with E-state index in [-0.39, 0.29) is 18.1 Å². The van der Waals surface area contributed by atoms with Gasteiger partial charge in [-0.3, -0.25) is 4.98 Å². The first-order chi connectivity index (χ1) is 15.3. The van der Waals surface area contributed by atoms with E-state index in [1.54, 1.807) is 42.6 Å². The fraction of sp³-hybridized carbons (Fsp3) is 0.130. The monoisotopic (exact) mass is 442 g/mol. The van der Waals surface area contributed by atoms with E-state index in [1.165, 1.54) is 6.20 Å². The largest absolute Gasteiger partial charge is 0.457 e. The Morgan fingerprint density at radius 3 is 2.41 bits per heavy atom. The number of rotatable bonds is 8. The molecule has 0 spiro atoms. The van der Waals surface area contributed by atoms with Crippen LogP contribution in [0.25, 0.3) is 0 Å². The quantitative estimate of drug-likeness (QED) is 0.281. The second kappa shape index (κ2) is 9.86. The van der Waals surface area contributed by atoms with Crippen LogP contribution in [0, 0.1) is 0 Å². The molecule has 1 aromatic carbocycles. The summed E-state index contributed by atoms with van der Waals surface area (Å²) < 4.78 is 48.4. The van der Waals surface area contributed by atoms with Gasteiger partial charge in [-0.05, 0) is 35.4 Å². The smallest absolute Gasteiger partial charge is 0.417 e. The summed E-state index contributed by atoms with van der Waals surface area (Å²) in [6.07, 6.45) is -0.162. The van der Waals surface area contributed by atoms with E-state index < -0.39 is 23.6 Å². The maximum Gasteiger partial charge on any atom is 0.417 e. The van der Waals surface area contributed by atoms with Crippen LogP contribution >= 0.6 is 0 Å². The minimum absolute atomic E-state index is 0.00350. The number of alkyl halides is 3. The number of nitrogens with zero attached hydrogens (tertiary/aromatic N) is 2. The molecule has 0 aliphatic heterocycles. The van der Waals surface area contributed by atoms with Crippen molar-refractivity contribution in [3.8, 4) is 11.6 Å². The van der Waals surface area contributed by atoms with Gasteiger partial charge in [-0.15, -0.1) is 0 Å². The topological polar surface area (TPSA) is 78.4 Å². The van der Waals surface area contributed by atoms with E-state index in [4.69, 9.17) is 9.47 Å². The highest BCUT2D eigenvalue weighted by Crippen LogP contribution is 2.30. The van der Waals surface area contributed by atoms with Crippen molar-refractivity contribution in [2.24, 2.45) is 0 Å². The van der Waals surface area contributed by atoms with Crippen molar-refractivity contribution in [2.45, 2.75) is 18.7 Å². The summed E-state index contributed by atoms with van der Waals surface area (Å²) in [7, 11) is 0. The molecule has 0 fully saturated rings. The molecule has 0 aliphatic carbocycles. The van der Waals surface area contributed by atoms with Crippen molar-refractivity contribution in [3.63, 3.8) is 0 Å². The Morgan fingerprint density at radius 1 is 1.09 bits per heavy atom. The molecular formula is C23H17F3N2O4. The fourth-order valence-electron chi connectivity index (χ4n) is 2.67. The van der Waals surface area contributed by atoms with Crippen molar-refractivity contribution in [1.29, 1.82) is 0 Å². The Labute approximate surface area is 181 Å². The highest BCUT2D eigenvalue weighted by atomic mass is 19.4. The van der Waals surface area contributed by atoms with Crippen LogP contribution in [-0.2, 0) is 27.1 Å². The zero-order valence-electron chi connectivity index (χ0n) is 16.6. The molecule has 1 atom stereocenters. The zero-order valence-corrected chi connectivity index (χ0v) is 16.6. The molecule has 164 valence electrons. The highest BCUT2D eigenvalue weighted by molar-refractivity contribution is 5.94. The molecule has 0 amide bonds. The summed E-state index contributed by atoms with van der Waals surface area (Å²) in [5.74, 6) is -1.23. The van der Waals surface area contributed by atoms with E-state index in [2.05, 4.69) is 16.5 Å². The van der Waals surface area contributed by atoms with E-state index in [0.29, 0.717) is 29.4 Å². The molecule has 9 heteroatoms. The molecular weight excluding hydrogens is 425 g/mol. The van der Waals surface area contributed by atoms with Gasteiger partial charge in [0.25, 0.3) is 0 Å². The van der Waals surface area contributed by atoms with Gasteiger partial charge in [0, 0.05) is 30.2 Å². The maximum atomic E-state index is 12.6. The molecule has 6 nitrogen and oxygen atoms in total. The molecule has 32 heavy (non-hydrogen) atoms. The first kappa shape index (κ1) is 22.7. The number of benzene rings is 1. The Hall–Kier alpha value is -4.01. The van der Waals surface area contributed by atoms with Crippen LogP contribution in [-0.4, -0.2) is 22.2 Å². The summed E-state index contributed by atoms with van der Waals surface area (Å²) >= 11 is 0. The molecule has 0 saturated heterocycles. The number of carbonyl (C=O) groups excluding carboxylic acids is 2.